The van der Waals surface area contributed by atoms with E-state index in [1.165, 1.54) is 18.4 Å². The third kappa shape index (κ3) is 3.91. The van der Waals surface area contributed by atoms with Crippen LogP contribution in [0.3, 0.4) is 0 Å². The summed E-state index contributed by atoms with van der Waals surface area (Å²) in [7, 11) is 0. The van der Waals surface area contributed by atoms with Crippen LogP contribution in [-0.4, -0.2) is 23.3 Å². The van der Waals surface area contributed by atoms with Gasteiger partial charge >= 0.3 is 0 Å². The van der Waals surface area contributed by atoms with Gasteiger partial charge in [-0.15, -0.1) is 0 Å². The van der Waals surface area contributed by atoms with E-state index in [-0.39, 0.29) is 16.2 Å². The summed E-state index contributed by atoms with van der Waals surface area (Å²) in [4.78, 5) is 12.7. The fourth-order valence-electron chi connectivity index (χ4n) is 8.65. The van der Waals surface area contributed by atoms with Crippen molar-refractivity contribution in [2.45, 2.75) is 98.4 Å². The molecule has 3 unspecified atom stereocenters. The second-order valence-electron chi connectivity index (χ2n) is 12.6. The van der Waals surface area contributed by atoms with Crippen LogP contribution in [-0.2, 0) is 16.1 Å². The number of ether oxygens (including phenoxy) is 2. The minimum Gasteiger partial charge on any atom is -0.494 e. The van der Waals surface area contributed by atoms with E-state index in [0.29, 0.717) is 49.6 Å². The number of Topliss-reactive ketones (excluding diaryl/α,β-unsaturated/α-hetero) is 1. The number of ketones is 1. The summed E-state index contributed by atoms with van der Waals surface area (Å²) in [6, 6.07) is 7.96. The Morgan fingerprint density at radius 2 is 1.74 bits per heavy atom. The fraction of sp³-hybridized carbons (Fsp3) is 0.710. The molecule has 4 aliphatic rings. The second kappa shape index (κ2) is 8.73. The Bertz CT molecular complexity index is 998. The molecule has 1 aromatic carbocycles. The van der Waals surface area contributed by atoms with E-state index in [9.17, 15) is 9.90 Å². The predicted molar refractivity (Wildman–Crippen MR) is 138 cm³/mol. The molecule has 192 valence electrons. The molecule has 35 heavy (non-hydrogen) atoms. The van der Waals surface area contributed by atoms with Crippen molar-refractivity contribution in [1.29, 1.82) is 0 Å². The highest BCUT2D eigenvalue weighted by Crippen LogP contribution is 2.70. The molecule has 0 aliphatic heterocycles. The van der Waals surface area contributed by atoms with Gasteiger partial charge in [-0.1, -0.05) is 44.6 Å². The first-order chi connectivity index (χ1) is 16.5. The Labute approximate surface area is 211 Å². The van der Waals surface area contributed by atoms with Crippen molar-refractivity contribution in [2.24, 2.45) is 34.0 Å². The zero-order valence-electron chi connectivity index (χ0n) is 22.4. The summed E-state index contributed by atoms with van der Waals surface area (Å²) in [5, 5.41) is 11.4. The molecule has 5 rings (SSSR count). The van der Waals surface area contributed by atoms with Crippen LogP contribution in [0.25, 0.3) is 0 Å². The molecule has 0 bridgehead atoms. The molecule has 4 heteroatoms. The number of rotatable bonds is 6. The SMILES string of the molecule is CCOc1ccc(CO[C@@]2(O)CC[C@@]3(C)C(=CCC4C3CC[C@@]3(C)C4CC[C@]3(C)C(C)=O)C2)cc1. The van der Waals surface area contributed by atoms with E-state index in [4.69, 9.17) is 9.47 Å². The lowest BCUT2D eigenvalue weighted by molar-refractivity contribution is -0.231. The van der Waals surface area contributed by atoms with E-state index in [1.807, 2.05) is 38.1 Å². The molecule has 7 atom stereocenters. The number of allylic oxidation sites excluding steroid dienone is 1. The number of carbonyl (C=O) groups excluding carboxylic acids is 1. The largest absolute Gasteiger partial charge is 0.494 e. The molecule has 4 aliphatic carbocycles. The monoisotopic (exact) mass is 480 g/mol. The number of hydrogen-bond donors (Lipinski definition) is 1. The molecule has 3 fully saturated rings. The Kier molecular flexibility index (Phi) is 6.24. The van der Waals surface area contributed by atoms with E-state index in [0.717, 1.165) is 37.0 Å². The van der Waals surface area contributed by atoms with Gasteiger partial charge in [0.05, 0.1) is 13.2 Å². The van der Waals surface area contributed by atoms with Crippen LogP contribution in [0.1, 0.15) is 91.5 Å². The summed E-state index contributed by atoms with van der Waals surface area (Å²) >= 11 is 0. The molecule has 0 heterocycles. The first-order valence-corrected chi connectivity index (χ1v) is 13.8. The van der Waals surface area contributed by atoms with E-state index >= 15 is 0 Å². The maximum absolute atomic E-state index is 12.7. The Morgan fingerprint density at radius 3 is 2.43 bits per heavy atom. The molecule has 3 saturated carbocycles. The summed E-state index contributed by atoms with van der Waals surface area (Å²) in [6.07, 6.45) is 10.3. The van der Waals surface area contributed by atoms with Crippen LogP contribution in [0.15, 0.2) is 35.9 Å². The standard InChI is InChI=1S/C31H44O4/c1-6-34-24-10-7-22(8-11-24)20-35-31(33)18-17-28(3)23(19-31)9-12-25-26(28)13-16-30(5)27(25)14-15-29(30,4)21(2)32/h7-11,25-27,33H,6,12-20H2,1-5H3/t25?,26?,27?,28-,29+,30-,31-/m0/s1. The zero-order chi connectivity index (χ0) is 25.1. The lowest BCUT2D eigenvalue weighted by Crippen LogP contribution is -2.54. The average Bonchev–Trinajstić information content (AvgIpc) is 3.11. The Balaban J connectivity index is 1.30. The van der Waals surface area contributed by atoms with Gasteiger partial charge in [0.15, 0.2) is 5.79 Å². The highest BCUT2D eigenvalue weighted by Gasteiger charge is 2.64. The van der Waals surface area contributed by atoms with Gasteiger partial charge in [-0.25, -0.2) is 0 Å². The molecular weight excluding hydrogens is 436 g/mol. The molecule has 4 nitrogen and oxygen atoms in total. The highest BCUT2D eigenvalue weighted by molar-refractivity contribution is 5.83. The maximum Gasteiger partial charge on any atom is 0.169 e. The van der Waals surface area contributed by atoms with Gasteiger partial charge < -0.3 is 14.6 Å². The summed E-state index contributed by atoms with van der Waals surface area (Å²) in [5.74, 6) is 2.07. The van der Waals surface area contributed by atoms with Gasteiger partial charge in [0, 0.05) is 18.3 Å². The van der Waals surface area contributed by atoms with Crippen LogP contribution in [0, 0.1) is 34.0 Å². The average molecular weight is 481 g/mol. The normalized spacial score (nSPS) is 42.5. The molecule has 1 aromatic rings. The van der Waals surface area contributed by atoms with Crippen LogP contribution < -0.4 is 4.74 Å². The van der Waals surface area contributed by atoms with Gasteiger partial charge in [0.2, 0.25) is 0 Å². The smallest absolute Gasteiger partial charge is 0.169 e. The minimum absolute atomic E-state index is 0.123. The van der Waals surface area contributed by atoms with Crippen molar-refractivity contribution in [3.63, 3.8) is 0 Å². The highest BCUT2D eigenvalue weighted by atomic mass is 16.6. The molecule has 0 spiro atoms. The van der Waals surface area contributed by atoms with Crippen molar-refractivity contribution < 1.29 is 19.4 Å². The molecule has 0 aromatic heterocycles. The second-order valence-corrected chi connectivity index (χ2v) is 12.6. The zero-order valence-corrected chi connectivity index (χ0v) is 22.4. The van der Waals surface area contributed by atoms with Crippen LogP contribution in [0.2, 0.25) is 0 Å². The van der Waals surface area contributed by atoms with Gasteiger partial charge in [0.25, 0.3) is 0 Å². The van der Waals surface area contributed by atoms with Crippen molar-refractivity contribution in [1.82, 2.24) is 0 Å². The fourth-order valence-corrected chi connectivity index (χ4v) is 8.65. The molecular formula is C31H44O4. The third-order valence-electron chi connectivity index (χ3n) is 11.3. The summed E-state index contributed by atoms with van der Waals surface area (Å²) < 4.78 is 11.7. The van der Waals surface area contributed by atoms with Crippen molar-refractivity contribution in [2.75, 3.05) is 6.61 Å². The topological polar surface area (TPSA) is 55.8 Å². The number of aliphatic hydroxyl groups is 1. The molecule has 0 amide bonds. The summed E-state index contributed by atoms with van der Waals surface area (Å²) in [5.41, 5.74) is 2.53. The maximum atomic E-state index is 12.7. The third-order valence-corrected chi connectivity index (χ3v) is 11.3. The van der Waals surface area contributed by atoms with E-state index in [1.54, 1.807) is 0 Å². The van der Waals surface area contributed by atoms with E-state index < -0.39 is 5.79 Å². The van der Waals surface area contributed by atoms with Gasteiger partial charge in [-0.2, -0.15) is 0 Å². The predicted octanol–water partition coefficient (Wildman–Crippen LogP) is 6.85. The lowest BCUT2D eigenvalue weighted by atomic mass is 9.45. The first kappa shape index (κ1) is 25.0. The number of carbonyl (C=O) groups is 1. The number of benzene rings is 1. The van der Waals surface area contributed by atoms with Crippen LogP contribution >= 0.6 is 0 Å². The molecule has 1 N–H and O–H groups in total. The number of hydrogen-bond acceptors (Lipinski definition) is 4. The van der Waals surface area contributed by atoms with Crippen molar-refractivity contribution >= 4 is 5.78 Å². The van der Waals surface area contributed by atoms with Crippen molar-refractivity contribution in [3.8, 4) is 5.75 Å². The molecule has 0 radical (unpaired) electrons. The van der Waals surface area contributed by atoms with Gasteiger partial charge in [0.1, 0.15) is 11.5 Å². The van der Waals surface area contributed by atoms with E-state index in [2.05, 4.69) is 26.8 Å². The summed E-state index contributed by atoms with van der Waals surface area (Å²) in [6.45, 7) is 12.0. The van der Waals surface area contributed by atoms with Crippen LogP contribution in [0.4, 0.5) is 0 Å². The van der Waals surface area contributed by atoms with Gasteiger partial charge in [-0.05, 0) is 98.7 Å². The molecule has 0 saturated heterocycles. The number of fused-ring (bicyclic) bond motifs is 5. The lowest BCUT2D eigenvalue weighted by Gasteiger charge is -2.60. The quantitative estimate of drug-likeness (QED) is 0.357. The van der Waals surface area contributed by atoms with Crippen molar-refractivity contribution in [3.05, 3.63) is 41.5 Å². The Morgan fingerprint density at radius 1 is 1.03 bits per heavy atom. The minimum atomic E-state index is -1.10. The first-order valence-electron chi connectivity index (χ1n) is 13.8. The van der Waals surface area contributed by atoms with Gasteiger partial charge in [-0.3, -0.25) is 4.79 Å². The van der Waals surface area contributed by atoms with Crippen LogP contribution in [0.5, 0.6) is 5.75 Å². The Hall–Kier alpha value is -1.65.